The zero-order valence-corrected chi connectivity index (χ0v) is 12.8. The monoisotopic (exact) mass is 292 g/mol. The molecule has 116 valence electrons. The second-order valence-corrected chi connectivity index (χ2v) is 6.05. The van der Waals surface area contributed by atoms with E-state index in [1.165, 1.54) is 38.9 Å². The predicted molar refractivity (Wildman–Crippen MR) is 82.5 cm³/mol. The number of ether oxygens (including phenoxy) is 1. The molecule has 0 aliphatic heterocycles. The quantitative estimate of drug-likeness (QED) is 0.643. The van der Waals surface area contributed by atoms with Crippen LogP contribution in [-0.2, 0) is 6.54 Å². The van der Waals surface area contributed by atoms with E-state index in [1.54, 1.807) is 6.07 Å². The van der Waals surface area contributed by atoms with Crippen molar-refractivity contribution >= 4 is 5.69 Å². The van der Waals surface area contributed by atoms with E-state index in [0.717, 1.165) is 23.9 Å². The van der Waals surface area contributed by atoms with Crippen molar-refractivity contribution in [2.45, 2.75) is 39.2 Å². The molecular weight excluding hydrogens is 268 g/mol. The smallest absolute Gasteiger partial charge is 0.273 e. The molecule has 0 heterocycles. The summed E-state index contributed by atoms with van der Waals surface area (Å²) in [6.45, 7) is 3.95. The van der Waals surface area contributed by atoms with Crippen molar-refractivity contribution in [3.8, 4) is 5.75 Å². The van der Waals surface area contributed by atoms with E-state index in [-0.39, 0.29) is 10.6 Å². The van der Waals surface area contributed by atoms with Gasteiger partial charge in [0.15, 0.2) is 0 Å². The Kier molecular flexibility index (Phi) is 5.56. The lowest BCUT2D eigenvalue weighted by molar-refractivity contribution is -0.385. The number of nitro groups is 1. The van der Waals surface area contributed by atoms with E-state index in [9.17, 15) is 10.1 Å². The van der Waals surface area contributed by atoms with Crippen LogP contribution in [0, 0.1) is 22.0 Å². The molecule has 5 nitrogen and oxygen atoms in total. The summed E-state index contributed by atoms with van der Waals surface area (Å²) in [6.07, 6.45) is 5.20. The van der Waals surface area contributed by atoms with E-state index in [4.69, 9.17) is 4.74 Å². The first-order valence-electron chi connectivity index (χ1n) is 7.61. The minimum atomic E-state index is -0.380. The molecule has 1 N–H and O–H groups in total. The number of non-ortho nitro benzene ring substituents is 1. The molecule has 21 heavy (non-hydrogen) atoms. The Bertz CT molecular complexity index is 482. The molecule has 1 aromatic rings. The molecule has 1 fully saturated rings. The van der Waals surface area contributed by atoms with Gasteiger partial charge in [-0.15, -0.1) is 0 Å². The van der Waals surface area contributed by atoms with Crippen LogP contribution in [-0.4, -0.2) is 18.6 Å². The molecular formula is C16H24N2O3. The zero-order chi connectivity index (χ0) is 15.2. The van der Waals surface area contributed by atoms with Gasteiger partial charge in [0.2, 0.25) is 0 Å². The minimum Gasteiger partial charge on any atom is -0.496 e. The summed E-state index contributed by atoms with van der Waals surface area (Å²) >= 11 is 0. The van der Waals surface area contributed by atoms with Crippen LogP contribution < -0.4 is 10.1 Å². The molecule has 1 aliphatic rings. The standard InChI is InChI=1S/C16H24N2O3/c1-12-3-5-13(6-4-12)10-17-11-14-7-15(18(19)20)9-16(8-14)21-2/h7-9,12-13,17H,3-6,10-11H2,1-2H3. The first-order chi connectivity index (χ1) is 10.1. The number of methoxy groups -OCH3 is 1. The maximum absolute atomic E-state index is 10.9. The van der Waals surface area contributed by atoms with Gasteiger partial charge in [0.1, 0.15) is 5.75 Å². The fraction of sp³-hybridized carbons (Fsp3) is 0.625. The molecule has 0 bridgehead atoms. The number of nitrogens with one attached hydrogen (secondary N) is 1. The third kappa shape index (κ3) is 4.70. The van der Waals surface area contributed by atoms with Crippen LogP contribution in [0.3, 0.4) is 0 Å². The molecule has 0 spiro atoms. The first kappa shape index (κ1) is 15.8. The van der Waals surface area contributed by atoms with Gasteiger partial charge in [-0.3, -0.25) is 10.1 Å². The fourth-order valence-corrected chi connectivity index (χ4v) is 2.92. The van der Waals surface area contributed by atoms with Crippen LogP contribution >= 0.6 is 0 Å². The second-order valence-electron chi connectivity index (χ2n) is 6.05. The van der Waals surface area contributed by atoms with E-state index in [2.05, 4.69) is 12.2 Å². The summed E-state index contributed by atoms with van der Waals surface area (Å²) in [4.78, 5) is 10.5. The zero-order valence-electron chi connectivity index (χ0n) is 12.8. The van der Waals surface area contributed by atoms with Gasteiger partial charge in [0, 0.05) is 12.6 Å². The van der Waals surface area contributed by atoms with Crippen LogP contribution in [0.25, 0.3) is 0 Å². The van der Waals surface area contributed by atoms with Gasteiger partial charge >= 0.3 is 0 Å². The summed E-state index contributed by atoms with van der Waals surface area (Å²) < 4.78 is 5.12. The lowest BCUT2D eigenvalue weighted by Gasteiger charge is -2.26. The number of nitrogens with zero attached hydrogens (tertiary/aromatic N) is 1. The average molecular weight is 292 g/mol. The molecule has 0 unspecified atom stereocenters. The van der Waals surface area contributed by atoms with Crippen LogP contribution in [0.1, 0.15) is 38.2 Å². The van der Waals surface area contributed by atoms with Gasteiger partial charge in [-0.1, -0.05) is 19.8 Å². The highest BCUT2D eigenvalue weighted by Gasteiger charge is 2.17. The van der Waals surface area contributed by atoms with Crippen molar-refractivity contribution in [3.05, 3.63) is 33.9 Å². The Morgan fingerprint density at radius 1 is 1.29 bits per heavy atom. The maximum atomic E-state index is 10.9. The molecule has 5 heteroatoms. The van der Waals surface area contributed by atoms with Gasteiger partial charge < -0.3 is 10.1 Å². The first-order valence-corrected chi connectivity index (χ1v) is 7.61. The Labute approximate surface area is 125 Å². The fourth-order valence-electron chi connectivity index (χ4n) is 2.92. The average Bonchev–Trinajstić information content (AvgIpc) is 2.49. The van der Waals surface area contributed by atoms with Crippen LogP contribution in [0.5, 0.6) is 5.75 Å². The van der Waals surface area contributed by atoms with Crippen molar-refractivity contribution in [1.29, 1.82) is 0 Å². The molecule has 0 radical (unpaired) electrons. The maximum Gasteiger partial charge on any atom is 0.273 e. The lowest BCUT2D eigenvalue weighted by atomic mass is 9.83. The number of hydrogen-bond acceptors (Lipinski definition) is 4. The highest BCUT2D eigenvalue weighted by Crippen LogP contribution is 2.28. The number of nitro benzene ring substituents is 1. The normalized spacial score (nSPS) is 22.0. The molecule has 0 atom stereocenters. The molecule has 0 saturated heterocycles. The summed E-state index contributed by atoms with van der Waals surface area (Å²) in [5, 5.41) is 14.3. The number of rotatable bonds is 6. The van der Waals surface area contributed by atoms with E-state index in [1.807, 2.05) is 6.07 Å². The number of hydrogen-bond donors (Lipinski definition) is 1. The second kappa shape index (κ2) is 7.41. The molecule has 0 amide bonds. The topological polar surface area (TPSA) is 64.4 Å². The van der Waals surface area contributed by atoms with Crippen LogP contribution in [0.15, 0.2) is 18.2 Å². The van der Waals surface area contributed by atoms with E-state index in [0.29, 0.717) is 12.3 Å². The molecule has 1 aliphatic carbocycles. The van der Waals surface area contributed by atoms with Crippen molar-refractivity contribution < 1.29 is 9.66 Å². The Balaban J connectivity index is 1.87. The lowest BCUT2D eigenvalue weighted by Crippen LogP contribution is -2.25. The Hall–Kier alpha value is -1.62. The number of benzene rings is 1. The van der Waals surface area contributed by atoms with Gasteiger partial charge in [0.05, 0.1) is 18.1 Å². The van der Waals surface area contributed by atoms with E-state index >= 15 is 0 Å². The van der Waals surface area contributed by atoms with E-state index < -0.39 is 0 Å². The SMILES string of the molecule is COc1cc(CNCC2CCC(C)CC2)cc([N+](=O)[O-])c1. The van der Waals surface area contributed by atoms with Crippen LogP contribution in [0.4, 0.5) is 5.69 Å². The third-order valence-electron chi connectivity index (χ3n) is 4.30. The highest BCUT2D eigenvalue weighted by molar-refractivity contribution is 5.42. The molecule has 0 aromatic heterocycles. The Morgan fingerprint density at radius 3 is 2.62 bits per heavy atom. The third-order valence-corrected chi connectivity index (χ3v) is 4.30. The summed E-state index contributed by atoms with van der Waals surface area (Å²) in [7, 11) is 1.53. The van der Waals surface area contributed by atoms with Gasteiger partial charge in [0.25, 0.3) is 5.69 Å². The predicted octanol–water partition coefficient (Wildman–Crippen LogP) is 3.52. The van der Waals surface area contributed by atoms with Gasteiger partial charge in [-0.25, -0.2) is 0 Å². The van der Waals surface area contributed by atoms with Crippen molar-refractivity contribution in [2.24, 2.45) is 11.8 Å². The van der Waals surface area contributed by atoms with Crippen molar-refractivity contribution in [2.75, 3.05) is 13.7 Å². The van der Waals surface area contributed by atoms with Crippen molar-refractivity contribution in [3.63, 3.8) is 0 Å². The van der Waals surface area contributed by atoms with Gasteiger partial charge in [-0.05, 0) is 42.9 Å². The summed E-state index contributed by atoms with van der Waals surface area (Å²) in [5.74, 6) is 2.14. The van der Waals surface area contributed by atoms with Crippen molar-refractivity contribution in [1.82, 2.24) is 5.32 Å². The van der Waals surface area contributed by atoms with Crippen LogP contribution in [0.2, 0.25) is 0 Å². The molecule has 1 aromatic carbocycles. The highest BCUT2D eigenvalue weighted by atomic mass is 16.6. The summed E-state index contributed by atoms with van der Waals surface area (Å²) in [6, 6.07) is 4.91. The minimum absolute atomic E-state index is 0.0811. The summed E-state index contributed by atoms with van der Waals surface area (Å²) in [5.41, 5.74) is 0.975. The molecule has 2 rings (SSSR count). The van der Waals surface area contributed by atoms with Gasteiger partial charge in [-0.2, -0.15) is 0 Å². The Morgan fingerprint density at radius 2 is 2.00 bits per heavy atom. The molecule has 1 saturated carbocycles. The largest absolute Gasteiger partial charge is 0.496 e.